The number of unbranched alkanes of at least 4 members (excludes halogenated alkanes) is 1. The molecule has 280 valence electrons. The third-order valence-electron chi connectivity index (χ3n) is 8.51. The lowest BCUT2D eigenvalue weighted by molar-refractivity contribution is -0.135. The van der Waals surface area contributed by atoms with Crippen molar-refractivity contribution in [1.29, 1.82) is 0 Å². The van der Waals surface area contributed by atoms with Crippen molar-refractivity contribution in [3.63, 3.8) is 0 Å². The summed E-state index contributed by atoms with van der Waals surface area (Å²) >= 11 is 0. The number of nitrogens with two attached hydrogens (primary N) is 3. The number of hydrogen-bond acceptors (Lipinski definition) is 9. The van der Waals surface area contributed by atoms with Crippen LogP contribution < -0.4 is 38.5 Å². The van der Waals surface area contributed by atoms with Crippen molar-refractivity contribution in [2.75, 3.05) is 6.54 Å². The highest BCUT2D eigenvalue weighted by Crippen LogP contribution is 2.14. The number of hydrogen-bond donors (Lipinski definition) is 9. The average Bonchev–Trinajstić information content (AvgIpc) is 3.11. The quantitative estimate of drug-likeness (QED) is 0.0744. The molecule has 3 rings (SSSR count). The highest BCUT2D eigenvalue weighted by atomic mass is 16.3. The van der Waals surface area contributed by atoms with E-state index in [4.69, 9.17) is 17.2 Å². The van der Waals surface area contributed by atoms with Crippen LogP contribution in [0.1, 0.15) is 49.8 Å². The molecule has 3 aromatic carbocycles. The number of carbonyl (C=O) groups excluding carboxylic acids is 5. The van der Waals surface area contributed by atoms with Gasteiger partial charge >= 0.3 is 0 Å². The second-order valence-corrected chi connectivity index (χ2v) is 13.1. The Labute approximate surface area is 303 Å². The van der Waals surface area contributed by atoms with Gasteiger partial charge in [-0.05, 0) is 79.1 Å². The largest absolute Gasteiger partial charge is 0.508 e. The number of aromatic hydroxyl groups is 2. The molecule has 52 heavy (non-hydrogen) atoms. The summed E-state index contributed by atoms with van der Waals surface area (Å²) in [6.07, 6.45) is 1.67. The lowest BCUT2D eigenvalue weighted by atomic mass is 9.99. The first-order valence-electron chi connectivity index (χ1n) is 17.3. The molecular weight excluding hydrogens is 666 g/mol. The number of rotatable bonds is 20. The third-order valence-corrected chi connectivity index (χ3v) is 8.51. The van der Waals surface area contributed by atoms with Gasteiger partial charge in [-0.15, -0.1) is 0 Å². The lowest BCUT2D eigenvalue weighted by Gasteiger charge is -2.28. The zero-order valence-electron chi connectivity index (χ0n) is 29.6. The smallest absolute Gasteiger partial charge is 0.243 e. The summed E-state index contributed by atoms with van der Waals surface area (Å²) in [7, 11) is 0. The monoisotopic (exact) mass is 717 g/mol. The fourth-order valence-electron chi connectivity index (χ4n) is 5.49. The SMILES string of the molecule is CC(C)[C@H](NC(=O)[C@H](Cc1ccccc1)NC(=O)[C@@H](N)Cc1ccc(O)cc1)C(=O)N[C@@H](Cc1ccc(O)cc1)C(=O)N[C@@H](CCCCN)C(N)=O. The molecule has 5 amide bonds. The summed E-state index contributed by atoms with van der Waals surface area (Å²) in [6, 6.07) is 15.9. The van der Waals surface area contributed by atoms with E-state index in [9.17, 15) is 34.2 Å². The fourth-order valence-corrected chi connectivity index (χ4v) is 5.49. The first-order chi connectivity index (χ1) is 24.8. The van der Waals surface area contributed by atoms with Crippen LogP contribution in [0, 0.1) is 5.92 Å². The molecule has 0 heterocycles. The number of phenols is 2. The maximum atomic E-state index is 13.9. The zero-order chi connectivity index (χ0) is 38.2. The van der Waals surface area contributed by atoms with Crippen molar-refractivity contribution in [1.82, 2.24) is 21.3 Å². The van der Waals surface area contributed by atoms with Gasteiger partial charge in [0.25, 0.3) is 0 Å². The molecule has 14 heteroatoms. The van der Waals surface area contributed by atoms with Crippen LogP contribution in [0.25, 0.3) is 0 Å². The van der Waals surface area contributed by atoms with E-state index in [0.717, 1.165) is 5.56 Å². The molecule has 0 spiro atoms. The Morgan fingerprint density at radius 1 is 0.596 bits per heavy atom. The Bertz CT molecular complexity index is 1620. The zero-order valence-corrected chi connectivity index (χ0v) is 29.6. The van der Waals surface area contributed by atoms with Gasteiger partial charge in [-0.2, -0.15) is 0 Å². The summed E-state index contributed by atoms with van der Waals surface area (Å²) in [6.45, 7) is 3.85. The Morgan fingerprint density at radius 3 is 1.56 bits per heavy atom. The van der Waals surface area contributed by atoms with Gasteiger partial charge in [-0.25, -0.2) is 0 Å². The Hall–Kier alpha value is -5.47. The number of phenolic OH excluding ortho intramolecular Hbond substituents is 2. The third kappa shape index (κ3) is 13.3. The molecule has 0 fully saturated rings. The molecule has 14 nitrogen and oxygen atoms in total. The summed E-state index contributed by atoms with van der Waals surface area (Å²) < 4.78 is 0. The molecule has 0 radical (unpaired) electrons. The molecule has 0 aromatic heterocycles. The highest BCUT2D eigenvalue weighted by molar-refractivity contribution is 5.96. The van der Waals surface area contributed by atoms with E-state index in [2.05, 4.69) is 21.3 Å². The van der Waals surface area contributed by atoms with Crippen molar-refractivity contribution < 1.29 is 34.2 Å². The summed E-state index contributed by atoms with van der Waals surface area (Å²) in [5.74, 6) is -3.66. The summed E-state index contributed by atoms with van der Waals surface area (Å²) in [5.41, 5.74) is 19.4. The molecule has 12 N–H and O–H groups in total. The number of benzene rings is 3. The van der Waals surface area contributed by atoms with E-state index in [-0.39, 0.29) is 37.2 Å². The molecule has 0 aliphatic heterocycles. The van der Waals surface area contributed by atoms with Crippen molar-refractivity contribution in [3.05, 3.63) is 95.6 Å². The van der Waals surface area contributed by atoms with Gasteiger partial charge in [0, 0.05) is 12.8 Å². The minimum absolute atomic E-state index is 0.00347. The lowest BCUT2D eigenvalue weighted by Crippen LogP contribution is -2.60. The molecular formula is C38H51N7O7. The van der Waals surface area contributed by atoms with Crippen LogP contribution >= 0.6 is 0 Å². The topological polar surface area (TPSA) is 252 Å². The molecule has 3 aromatic rings. The Morgan fingerprint density at radius 2 is 1.06 bits per heavy atom. The number of nitrogens with one attached hydrogen (secondary N) is 4. The second-order valence-electron chi connectivity index (χ2n) is 13.1. The van der Waals surface area contributed by atoms with Crippen LogP contribution in [0.2, 0.25) is 0 Å². The number of carbonyl (C=O) groups is 5. The van der Waals surface area contributed by atoms with Crippen molar-refractivity contribution >= 4 is 29.5 Å². The first-order valence-corrected chi connectivity index (χ1v) is 17.3. The maximum absolute atomic E-state index is 13.9. The molecule has 0 saturated heterocycles. The average molecular weight is 718 g/mol. The van der Waals surface area contributed by atoms with Crippen LogP contribution in [0.3, 0.4) is 0 Å². The van der Waals surface area contributed by atoms with Crippen LogP contribution in [0.4, 0.5) is 0 Å². The van der Waals surface area contributed by atoms with Gasteiger partial charge < -0.3 is 48.7 Å². The second kappa shape index (κ2) is 20.4. The van der Waals surface area contributed by atoms with Gasteiger partial charge in [0.1, 0.15) is 35.7 Å². The van der Waals surface area contributed by atoms with E-state index in [1.807, 2.05) is 6.07 Å². The molecule has 0 saturated carbocycles. The first kappa shape index (κ1) is 41.0. The summed E-state index contributed by atoms with van der Waals surface area (Å²) in [4.78, 5) is 66.8. The Kier molecular flexibility index (Phi) is 16.1. The minimum atomic E-state index is -1.19. The molecule has 0 unspecified atom stereocenters. The maximum Gasteiger partial charge on any atom is 0.243 e. The van der Waals surface area contributed by atoms with E-state index in [1.165, 1.54) is 24.3 Å². The molecule has 0 aliphatic rings. The van der Waals surface area contributed by atoms with Gasteiger partial charge in [0.2, 0.25) is 29.5 Å². The van der Waals surface area contributed by atoms with E-state index < -0.39 is 65.7 Å². The van der Waals surface area contributed by atoms with E-state index in [0.29, 0.717) is 30.5 Å². The standard InChI is InChI=1S/C38H51N7O7/c1-23(2)33(38(52)44-31(22-26-13-17-28(47)18-14-26)36(50)42-30(34(41)48)10-6-7-19-39)45-37(51)32(21-24-8-4-3-5-9-24)43-35(49)29(40)20-25-11-15-27(46)16-12-25/h3-5,8-9,11-18,23,29-33,46-47H,6-7,10,19-22,39-40H2,1-2H3,(H2,41,48)(H,42,50)(H,43,49)(H,44,52)(H,45,51)/t29-,30-,31-,32-,33-/m0/s1. The van der Waals surface area contributed by atoms with Crippen LogP contribution in [-0.2, 0) is 43.2 Å². The summed E-state index contributed by atoms with van der Waals surface area (Å²) in [5, 5.41) is 30.2. The van der Waals surface area contributed by atoms with Crippen molar-refractivity contribution in [2.24, 2.45) is 23.1 Å². The minimum Gasteiger partial charge on any atom is -0.508 e. The predicted octanol–water partition coefficient (Wildman–Crippen LogP) is 0.663. The molecule has 5 atom stereocenters. The van der Waals surface area contributed by atoms with Crippen LogP contribution in [0.15, 0.2) is 78.9 Å². The van der Waals surface area contributed by atoms with Gasteiger partial charge in [0.05, 0.1) is 6.04 Å². The van der Waals surface area contributed by atoms with E-state index in [1.54, 1.807) is 62.4 Å². The normalized spacial score (nSPS) is 13.9. The van der Waals surface area contributed by atoms with Crippen molar-refractivity contribution in [2.45, 2.75) is 82.6 Å². The van der Waals surface area contributed by atoms with Crippen LogP contribution in [-0.4, -0.2) is 76.5 Å². The predicted molar refractivity (Wildman–Crippen MR) is 196 cm³/mol. The number of primary amides is 1. The number of amides is 5. The fraction of sp³-hybridized carbons (Fsp3) is 0.395. The Balaban J connectivity index is 1.81. The van der Waals surface area contributed by atoms with E-state index >= 15 is 0 Å². The van der Waals surface area contributed by atoms with Gasteiger partial charge in [-0.3, -0.25) is 24.0 Å². The molecule has 0 bridgehead atoms. The van der Waals surface area contributed by atoms with Crippen LogP contribution in [0.5, 0.6) is 11.5 Å². The van der Waals surface area contributed by atoms with Gasteiger partial charge in [0.15, 0.2) is 0 Å². The highest BCUT2D eigenvalue weighted by Gasteiger charge is 2.33. The van der Waals surface area contributed by atoms with Crippen molar-refractivity contribution in [3.8, 4) is 11.5 Å². The van der Waals surface area contributed by atoms with Gasteiger partial charge in [-0.1, -0.05) is 68.4 Å². The molecule has 0 aliphatic carbocycles.